The van der Waals surface area contributed by atoms with Crippen LogP contribution in [0.2, 0.25) is 0 Å². The molecule has 124 valence electrons. The van der Waals surface area contributed by atoms with E-state index in [0.29, 0.717) is 5.56 Å². The number of pyridine rings is 1. The molecule has 2 aromatic heterocycles. The van der Waals surface area contributed by atoms with Gasteiger partial charge in [-0.15, -0.1) is 0 Å². The predicted molar refractivity (Wildman–Crippen MR) is 97.7 cm³/mol. The molecule has 0 bridgehead atoms. The van der Waals surface area contributed by atoms with E-state index in [1.807, 2.05) is 24.3 Å². The van der Waals surface area contributed by atoms with Gasteiger partial charge in [0.1, 0.15) is 5.82 Å². The number of aromatic nitrogens is 3. The van der Waals surface area contributed by atoms with Gasteiger partial charge < -0.3 is 10.3 Å². The van der Waals surface area contributed by atoms with E-state index in [1.165, 1.54) is 0 Å². The quantitative estimate of drug-likeness (QED) is 0.688. The Balaban J connectivity index is 1.90. The number of para-hydroxylation sites is 2. The second-order valence-electron chi connectivity index (χ2n) is 5.87. The lowest BCUT2D eigenvalue weighted by Crippen LogP contribution is -2.33. The van der Waals surface area contributed by atoms with Crippen LogP contribution in [0.25, 0.3) is 11.0 Å². The number of aromatic amines is 1. The number of amides is 1. The fraction of sp³-hybridized carbons (Fsp3) is 0.278. The number of rotatable bonds is 5. The molecule has 6 heteroatoms. The standard InChI is InChI=1S/C18H19BrN4O/c1-3-11(2)16(17-21-14-6-4-5-7-15(14)22-17)23-18(24)12-8-13(19)10-20-9-12/h4-11,16H,3H2,1-2H3,(H,21,22)(H,23,24)/t11-,16+/m1/s1. The first-order chi connectivity index (χ1) is 11.6. The Bertz CT molecular complexity index is 828. The fourth-order valence-corrected chi connectivity index (χ4v) is 2.96. The topological polar surface area (TPSA) is 70.7 Å². The minimum absolute atomic E-state index is 0.158. The third kappa shape index (κ3) is 3.48. The zero-order valence-corrected chi connectivity index (χ0v) is 15.2. The van der Waals surface area contributed by atoms with E-state index in [0.717, 1.165) is 27.8 Å². The molecule has 0 saturated carbocycles. The molecule has 24 heavy (non-hydrogen) atoms. The van der Waals surface area contributed by atoms with Gasteiger partial charge in [0.05, 0.1) is 22.6 Å². The number of carbonyl (C=O) groups excluding carboxylic acids is 1. The number of nitrogens with one attached hydrogen (secondary N) is 2. The van der Waals surface area contributed by atoms with Crippen LogP contribution in [-0.2, 0) is 0 Å². The average Bonchev–Trinajstić information content (AvgIpc) is 3.02. The molecule has 3 rings (SSSR count). The summed E-state index contributed by atoms with van der Waals surface area (Å²) in [6, 6.07) is 9.44. The van der Waals surface area contributed by atoms with Gasteiger partial charge in [-0.25, -0.2) is 4.98 Å². The van der Waals surface area contributed by atoms with Crippen molar-refractivity contribution >= 4 is 32.9 Å². The smallest absolute Gasteiger partial charge is 0.253 e. The van der Waals surface area contributed by atoms with Crippen molar-refractivity contribution in [3.63, 3.8) is 0 Å². The van der Waals surface area contributed by atoms with E-state index in [2.05, 4.69) is 50.0 Å². The Kier molecular flexibility index (Phi) is 4.94. The minimum atomic E-state index is -0.186. The van der Waals surface area contributed by atoms with Crippen molar-refractivity contribution in [2.75, 3.05) is 0 Å². The number of carbonyl (C=O) groups is 1. The number of imidazole rings is 1. The molecule has 2 N–H and O–H groups in total. The molecule has 5 nitrogen and oxygen atoms in total. The summed E-state index contributed by atoms with van der Waals surface area (Å²) in [7, 11) is 0. The number of H-pyrrole nitrogens is 1. The normalized spacial score (nSPS) is 13.6. The maximum Gasteiger partial charge on any atom is 0.253 e. The number of hydrogen-bond donors (Lipinski definition) is 2. The average molecular weight is 387 g/mol. The Labute approximate surface area is 149 Å². The van der Waals surface area contributed by atoms with E-state index < -0.39 is 0 Å². The fourth-order valence-electron chi connectivity index (χ4n) is 2.60. The van der Waals surface area contributed by atoms with Crippen LogP contribution < -0.4 is 5.32 Å². The summed E-state index contributed by atoms with van der Waals surface area (Å²) >= 11 is 3.35. The molecule has 2 heterocycles. The largest absolute Gasteiger partial charge is 0.342 e. The zero-order valence-electron chi connectivity index (χ0n) is 13.6. The molecular weight excluding hydrogens is 368 g/mol. The molecule has 0 aliphatic rings. The molecule has 1 aromatic carbocycles. The van der Waals surface area contributed by atoms with Gasteiger partial charge in [0.25, 0.3) is 5.91 Å². The number of halogens is 1. The lowest BCUT2D eigenvalue weighted by molar-refractivity contribution is 0.0920. The van der Waals surface area contributed by atoms with E-state index in [-0.39, 0.29) is 17.9 Å². The summed E-state index contributed by atoms with van der Waals surface area (Å²) < 4.78 is 0.777. The van der Waals surface area contributed by atoms with E-state index in [9.17, 15) is 4.79 Å². The second kappa shape index (κ2) is 7.13. The van der Waals surface area contributed by atoms with Crippen molar-refractivity contribution in [3.05, 3.63) is 58.6 Å². The van der Waals surface area contributed by atoms with Gasteiger partial charge in [-0.2, -0.15) is 0 Å². The lowest BCUT2D eigenvalue weighted by Gasteiger charge is -2.22. The van der Waals surface area contributed by atoms with Gasteiger partial charge in [-0.3, -0.25) is 9.78 Å². The first-order valence-corrected chi connectivity index (χ1v) is 8.74. The van der Waals surface area contributed by atoms with E-state index in [1.54, 1.807) is 18.5 Å². The van der Waals surface area contributed by atoms with Gasteiger partial charge in [-0.05, 0) is 40.0 Å². The maximum atomic E-state index is 12.6. The third-order valence-electron chi connectivity index (χ3n) is 4.17. The first-order valence-electron chi connectivity index (χ1n) is 7.94. The van der Waals surface area contributed by atoms with Crippen molar-refractivity contribution in [2.45, 2.75) is 26.3 Å². The van der Waals surface area contributed by atoms with Crippen LogP contribution in [0.4, 0.5) is 0 Å². The first kappa shape index (κ1) is 16.6. The Hall–Kier alpha value is -2.21. The van der Waals surface area contributed by atoms with Gasteiger partial charge in [-0.1, -0.05) is 32.4 Å². The highest BCUT2D eigenvalue weighted by atomic mass is 79.9. The molecule has 0 spiro atoms. The summed E-state index contributed by atoms with van der Waals surface area (Å²) in [5.74, 6) is 0.867. The highest BCUT2D eigenvalue weighted by Gasteiger charge is 2.24. The number of hydrogen-bond acceptors (Lipinski definition) is 3. The summed E-state index contributed by atoms with van der Waals surface area (Å²) in [6.45, 7) is 4.21. The van der Waals surface area contributed by atoms with Crippen LogP contribution in [0.1, 0.15) is 42.5 Å². The molecule has 0 saturated heterocycles. The van der Waals surface area contributed by atoms with Crippen LogP contribution in [0.5, 0.6) is 0 Å². The van der Waals surface area contributed by atoms with Crippen molar-refractivity contribution in [2.24, 2.45) is 5.92 Å². The zero-order chi connectivity index (χ0) is 17.1. The predicted octanol–water partition coefficient (Wildman–Crippen LogP) is 4.24. The van der Waals surface area contributed by atoms with Gasteiger partial charge >= 0.3 is 0 Å². The molecule has 0 unspecified atom stereocenters. The summed E-state index contributed by atoms with van der Waals surface area (Å²) in [6.07, 6.45) is 4.15. The summed E-state index contributed by atoms with van der Waals surface area (Å²) in [5.41, 5.74) is 2.40. The van der Waals surface area contributed by atoms with Crippen molar-refractivity contribution < 1.29 is 4.79 Å². The molecule has 0 aliphatic heterocycles. The highest BCUT2D eigenvalue weighted by Crippen LogP contribution is 2.25. The van der Waals surface area contributed by atoms with Crippen LogP contribution in [0, 0.1) is 5.92 Å². The summed E-state index contributed by atoms with van der Waals surface area (Å²) in [4.78, 5) is 24.6. The Morgan fingerprint density at radius 3 is 2.83 bits per heavy atom. The van der Waals surface area contributed by atoms with Crippen LogP contribution in [-0.4, -0.2) is 20.9 Å². The van der Waals surface area contributed by atoms with Crippen LogP contribution in [0.15, 0.2) is 47.2 Å². The molecule has 0 aliphatic carbocycles. The lowest BCUT2D eigenvalue weighted by atomic mass is 9.98. The van der Waals surface area contributed by atoms with E-state index in [4.69, 9.17) is 0 Å². The number of benzene rings is 1. The molecule has 3 aromatic rings. The molecule has 1 amide bonds. The second-order valence-corrected chi connectivity index (χ2v) is 6.78. The van der Waals surface area contributed by atoms with Crippen LogP contribution in [0.3, 0.4) is 0 Å². The van der Waals surface area contributed by atoms with Crippen molar-refractivity contribution in [3.8, 4) is 0 Å². The molecule has 2 atom stereocenters. The summed E-state index contributed by atoms with van der Waals surface area (Å²) in [5, 5.41) is 3.09. The maximum absolute atomic E-state index is 12.6. The van der Waals surface area contributed by atoms with Crippen molar-refractivity contribution in [1.82, 2.24) is 20.3 Å². The Morgan fingerprint density at radius 1 is 1.33 bits per heavy atom. The van der Waals surface area contributed by atoms with Crippen LogP contribution >= 0.6 is 15.9 Å². The third-order valence-corrected chi connectivity index (χ3v) is 4.60. The van der Waals surface area contributed by atoms with Crippen molar-refractivity contribution in [1.29, 1.82) is 0 Å². The SMILES string of the molecule is CC[C@@H](C)[C@H](NC(=O)c1cncc(Br)c1)c1nc2ccccc2[nH]1. The van der Waals surface area contributed by atoms with E-state index >= 15 is 0 Å². The number of fused-ring (bicyclic) bond motifs is 1. The monoisotopic (exact) mass is 386 g/mol. The number of nitrogens with zero attached hydrogens (tertiary/aromatic N) is 2. The Morgan fingerprint density at radius 2 is 2.12 bits per heavy atom. The minimum Gasteiger partial charge on any atom is -0.342 e. The van der Waals surface area contributed by atoms with Gasteiger partial charge in [0.2, 0.25) is 0 Å². The highest BCUT2D eigenvalue weighted by molar-refractivity contribution is 9.10. The molecule has 0 radical (unpaired) electrons. The molecular formula is C18H19BrN4O. The molecule has 0 fully saturated rings. The van der Waals surface area contributed by atoms with Gasteiger partial charge in [0.15, 0.2) is 0 Å². The van der Waals surface area contributed by atoms with Gasteiger partial charge in [0, 0.05) is 16.9 Å².